The highest BCUT2D eigenvalue weighted by atomic mass is 32.2. The number of anilines is 1. The number of carbonyl (C=O) groups excluding carboxylic acids is 1. The number of rotatable bonds is 9. The minimum Gasteiger partial charge on any atom is -0.490 e. The second-order valence-electron chi connectivity index (χ2n) is 12.9. The van der Waals surface area contributed by atoms with Crippen molar-refractivity contribution in [3.63, 3.8) is 0 Å². The quantitative estimate of drug-likeness (QED) is 0.312. The van der Waals surface area contributed by atoms with Crippen molar-refractivity contribution in [1.29, 1.82) is 0 Å². The molecule has 2 aromatic carbocycles. The molecule has 11 nitrogen and oxygen atoms in total. The fourth-order valence-corrected chi connectivity index (χ4v) is 6.70. The number of nitrogens with zero attached hydrogens (tertiary/aromatic N) is 4. The molecule has 3 aromatic rings. The molecule has 1 aliphatic heterocycles. The van der Waals surface area contributed by atoms with E-state index in [9.17, 15) is 31.5 Å². The number of hydrogen-bond donors (Lipinski definition) is 2. The summed E-state index contributed by atoms with van der Waals surface area (Å²) in [6.45, 7) is 6.73. The first-order valence-corrected chi connectivity index (χ1v) is 17.7. The molecule has 2 N–H and O–H groups in total. The summed E-state index contributed by atoms with van der Waals surface area (Å²) in [5.41, 5.74) is 0.291. The number of aryl methyl sites for hydroxylation is 1. The Morgan fingerprint density at radius 1 is 1.14 bits per heavy atom. The van der Waals surface area contributed by atoms with E-state index >= 15 is 0 Å². The van der Waals surface area contributed by atoms with E-state index in [-0.39, 0.29) is 47.6 Å². The predicted octanol–water partition coefficient (Wildman–Crippen LogP) is 5.17. The molecule has 0 saturated heterocycles. The van der Waals surface area contributed by atoms with Gasteiger partial charge in [-0.15, -0.1) is 0 Å². The van der Waals surface area contributed by atoms with Crippen LogP contribution in [0.4, 0.5) is 18.9 Å². The van der Waals surface area contributed by atoms with Crippen LogP contribution in [0, 0.1) is 5.92 Å². The molecule has 0 saturated carbocycles. The number of aliphatic hydroxyl groups excluding tert-OH is 1. The summed E-state index contributed by atoms with van der Waals surface area (Å²) in [7, 11) is -0.534. The molecular formula is C34H46F3N5O6S. The highest BCUT2D eigenvalue weighted by Gasteiger charge is 2.32. The number of carbonyl (C=O) groups is 1. The lowest BCUT2D eigenvalue weighted by atomic mass is 10.0. The largest absolute Gasteiger partial charge is 0.490 e. The predicted molar refractivity (Wildman–Crippen MR) is 179 cm³/mol. The molecule has 0 aliphatic carbocycles. The molecule has 15 heteroatoms. The molecule has 4 rings (SSSR count). The Morgan fingerprint density at radius 2 is 1.86 bits per heavy atom. The number of nitrogens with one attached hydrogen (secondary N) is 1. The number of fused-ring (bicyclic) bond motifs is 1. The summed E-state index contributed by atoms with van der Waals surface area (Å²) in [5, 5.41) is 10.0. The number of sulfonamides is 1. The molecule has 0 fully saturated rings. The summed E-state index contributed by atoms with van der Waals surface area (Å²) in [6, 6.07) is 9.00. The second-order valence-corrected chi connectivity index (χ2v) is 14.5. The fourth-order valence-electron chi connectivity index (χ4n) is 5.67. The second kappa shape index (κ2) is 16.4. The van der Waals surface area contributed by atoms with Gasteiger partial charge in [-0.25, -0.2) is 4.98 Å². The molecule has 4 atom stereocenters. The minimum atomic E-state index is -4.41. The van der Waals surface area contributed by atoms with Crippen molar-refractivity contribution >= 4 is 21.6 Å². The molecule has 0 spiro atoms. The number of ether oxygens (including phenoxy) is 2. The van der Waals surface area contributed by atoms with Gasteiger partial charge in [0.2, 0.25) is 0 Å². The number of amides is 1. The number of alkyl halides is 3. The van der Waals surface area contributed by atoms with E-state index in [0.717, 1.165) is 30.5 Å². The number of halogens is 3. The van der Waals surface area contributed by atoms with Crippen molar-refractivity contribution < 1.29 is 41.0 Å². The van der Waals surface area contributed by atoms with Crippen molar-refractivity contribution in [3.8, 4) is 5.75 Å². The number of likely N-dealkylation sites (N-methyl/N-ethyl adjacent to an activating group) is 1. The summed E-state index contributed by atoms with van der Waals surface area (Å²) in [4.78, 5) is 21.8. The van der Waals surface area contributed by atoms with Crippen LogP contribution < -0.4 is 9.46 Å². The Bertz CT molecular complexity index is 1650. The van der Waals surface area contributed by atoms with Gasteiger partial charge in [0.15, 0.2) is 5.03 Å². The third-order valence-corrected chi connectivity index (χ3v) is 9.75. The third kappa shape index (κ3) is 10.4. The molecule has 0 unspecified atom stereocenters. The van der Waals surface area contributed by atoms with Crippen molar-refractivity contribution in [2.75, 3.05) is 38.1 Å². The van der Waals surface area contributed by atoms with Gasteiger partial charge in [-0.2, -0.15) is 21.6 Å². The summed E-state index contributed by atoms with van der Waals surface area (Å²) in [5.74, 6) is -0.393. The van der Waals surface area contributed by atoms with Gasteiger partial charge < -0.3 is 24.0 Å². The average molecular weight is 710 g/mol. The van der Waals surface area contributed by atoms with Crippen LogP contribution in [0.25, 0.3) is 0 Å². The Morgan fingerprint density at radius 3 is 2.49 bits per heavy atom. The zero-order chi connectivity index (χ0) is 35.9. The first kappa shape index (κ1) is 38.1. The van der Waals surface area contributed by atoms with E-state index in [1.165, 1.54) is 46.3 Å². The summed E-state index contributed by atoms with van der Waals surface area (Å²) < 4.78 is 81.9. The maximum Gasteiger partial charge on any atom is 0.416 e. The van der Waals surface area contributed by atoms with Gasteiger partial charge in [-0.1, -0.05) is 19.1 Å². The lowest BCUT2D eigenvalue weighted by Gasteiger charge is -2.36. The first-order chi connectivity index (χ1) is 23.1. The highest BCUT2D eigenvalue weighted by Crippen LogP contribution is 2.31. The van der Waals surface area contributed by atoms with Crippen LogP contribution in [0.5, 0.6) is 5.75 Å². The molecule has 270 valence electrons. The van der Waals surface area contributed by atoms with Crippen LogP contribution in [0.15, 0.2) is 60.0 Å². The molecule has 1 amide bonds. The van der Waals surface area contributed by atoms with E-state index in [4.69, 9.17) is 9.47 Å². The van der Waals surface area contributed by atoms with Crippen LogP contribution in [0.2, 0.25) is 0 Å². The Labute approximate surface area is 286 Å². The van der Waals surface area contributed by atoms with E-state index in [2.05, 4.69) is 9.71 Å². The van der Waals surface area contributed by atoms with Crippen LogP contribution in [-0.4, -0.2) is 90.4 Å². The Kier molecular flexibility index (Phi) is 12.7. The smallest absolute Gasteiger partial charge is 0.416 e. The number of hydrogen-bond acceptors (Lipinski definition) is 8. The minimum absolute atomic E-state index is 0.134. The Hall–Kier alpha value is -3.66. The topological polar surface area (TPSA) is 126 Å². The van der Waals surface area contributed by atoms with E-state index in [0.29, 0.717) is 31.9 Å². The highest BCUT2D eigenvalue weighted by molar-refractivity contribution is 7.92. The van der Waals surface area contributed by atoms with Crippen LogP contribution >= 0.6 is 0 Å². The maximum absolute atomic E-state index is 14.3. The van der Waals surface area contributed by atoms with Gasteiger partial charge in [0.25, 0.3) is 15.9 Å². The summed E-state index contributed by atoms with van der Waals surface area (Å²) in [6.07, 6.45) is -0.0614. The lowest BCUT2D eigenvalue weighted by Crippen LogP contribution is -2.47. The SMILES string of the molecule is C[C@@H]1CCCCO[C@H](CN(C)Cc2ccc(C(F)(F)F)cc2)[C@H](C)CN([C@H](C)CO)C(=O)c2cc(NS(=O)(=O)c3cn(C)cn3)ccc2O1. The molecule has 1 aromatic heterocycles. The third-order valence-electron chi connectivity index (χ3n) is 8.49. The number of aliphatic hydroxyl groups is 1. The Balaban J connectivity index is 1.60. The van der Waals surface area contributed by atoms with E-state index in [1.807, 2.05) is 25.8 Å². The van der Waals surface area contributed by atoms with Gasteiger partial charge in [-0.3, -0.25) is 14.4 Å². The molecule has 0 radical (unpaired) electrons. The lowest BCUT2D eigenvalue weighted by molar-refractivity contribution is -0.137. The molecular weight excluding hydrogens is 663 g/mol. The molecule has 0 bridgehead atoms. The van der Waals surface area contributed by atoms with Crippen molar-refractivity contribution in [1.82, 2.24) is 19.4 Å². The maximum atomic E-state index is 14.3. The molecule has 49 heavy (non-hydrogen) atoms. The van der Waals surface area contributed by atoms with Crippen LogP contribution in [0.1, 0.15) is 61.5 Å². The van der Waals surface area contributed by atoms with Crippen LogP contribution in [-0.2, 0) is 34.5 Å². The zero-order valence-electron chi connectivity index (χ0n) is 28.5. The number of imidazole rings is 1. The molecule has 1 aliphatic rings. The summed E-state index contributed by atoms with van der Waals surface area (Å²) >= 11 is 0. The van der Waals surface area contributed by atoms with Gasteiger partial charge in [0.1, 0.15) is 5.75 Å². The van der Waals surface area contributed by atoms with Gasteiger partial charge >= 0.3 is 6.18 Å². The van der Waals surface area contributed by atoms with Gasteiger partial charge in [-0.05, 0) is 76.1 Å². The number of aromatic nitrogens is 2. The van der Waals surface area contributed by atoms with Crippen molar-refractivity contribution in [2.45, 2.75) is 76.0 Å². The van der Waals surface area contributed by atoms with Crippen LogP contribution in [0.3, 0.4) is 0 Å². The number of benzene rings is 2. The monoisotopic (exact) mass is 709 g/mol. The average Bonchev–Trinajstić information content (AvgIpc) is 3.49. The van der Waals surface area contributed by atoms with E-state index < -0.39 is 33.7 Å². The van der Waals surface area contributed by atoms with Crippen molar-refractivity contribution in [2.24, 2.45) is 13.0 Å². The van der Waals surface area contributed by atoms with Gasteiger partial charge in [0, 0.05) is 51.1 Å². The fraction of sp³-hybridized carbons (Fsp3) is 0.529. The first-order valence-electron chi connectivity index (χ1n) is 16.3. The van der Waals surface area contributed by atoms with E-state index in [1.54, 1.807) is 20.0 Å². The zero-order valence-corrected chi connectivity index (χ0v) is 29.3. The normalized spacial score (nSPS) is 20.7. The van der Waals surface area contributed by atoms with Crippen molar-refractivity contribution in [3.05, 3.63) is 71.7 Å². The standard InChI is InChI=1S/C34H46F3N5O6S/c1-23-17-42(24(2)21-43)33(44)29-16-28(39-49(45,46)32-20-41(5)22-38-32)13-14-30(29)48-25(3)8-6-7-15-47-31(23)19-40(4)18-26-9-11-27(12-10-26)34(35,36)37/h9-14,16,20,22-25,31,39,43H,6-8,15,17-19,21H2,1-5H3/t23-,24-,25-,31-/m1/s1. The van der Waals surface area contributed by atoms with Gasteiger partial charge in [0.05, 0.1) is 42.3 Å². The molecule has 2 heterocycles.